The lowest BCUT2D eigenvalue weighted by Crippen LogP contribution is -2.44. The first-order chi connectivity index (χ1) is 12.4. The van der Waals surface area contributed by atoms with Crippen molar-refractivity contribution in [2.45, 2.75) is 51.6 Å². The van der Waals surface area contributed by atoms with Gasteiger partial charge < -0.3 is 15.4 Å². The molecule has 6 nitrogen and oxygen atoms in total. The standard InChI is InChI=1S/C19H25ClN2O4/c1-12-5-3-4-6-16(12)22-17(23)11-26-19(25)13(2)21-18(24)14-7-9-15(20)10-8-14/h7-10,12-13,16H,3-6,11H2,1-2H3,(H,21,24)(H,22,23)/t12-,13-,16+/m0/s1. The number of nitrogens with one attached hydrogen (secondary N) is 2. The molecule has 1 aromatic carbocycles. The van der Waals surface area contributed by atoms with Crippen molar-refractivity contribution in [2.75, 3.05) is 6.61 Å². The van der Waals surface area contributed by atoms with Crippen LogP contribution < -0.4 is 10.6 Å². The summed E-state index contributed by atoms with van der Waals surface area (Å²) in [5.41, 5.74) is 0.387. The van der Waals surface area contributed by atoms with Gasteiger partial charge in [-0.2, -0.15) is 0 Å². The highest BCUT2D eigenvalue weighted by Crippen LogP contribution is 2.23. The number of hydrogen-bond donors (Lipinski definition) is 2. The van der Waals surface area contributed by atoms with Crippen LogP contribution in [0, 0.1) is 5.92 Å². The number of ether oxygens (including phenoxy) is 1. The Hall–Kier alpha value is -2.08. The summed E-state index contributed by atoms with van der Waals surface area (Å²) < 4.78 is 5.01. The van der Waals surface area contributed by atoms with Crippen molar-refractivity contribution in [1.29, 1.82) is 0 Å². The van der Waals surface area contributed by atoms with E-state index in [0.29, 0.717) is 16.5 Å². The number of rotatable bonds is 6. The van der Waals surface area contributed by atoms with Crippen LogP contribution in [-0.4, -0.2) is 36.5 Å². The third-order valence-electron chi connectivity index (χ3n) is 4.61. The van der Waals surface area contributed by atoms with Gasteiger partial charge >= 0.3 is 5.97 Å². The Morgan fingerprint density at radius 2 is 1.85 bits per heavy atom. The van der Waals surface area contributed by atoms with Gasteiger partial charge in [-0.05, 0) is 49.9 Å². The zero-order valence-corrected chi connectivity index (χ0v) is 15.8. The van der Waals surface area contributed by atoms with Gasteiger partial charge in [-0.3, -0.25) is 9.59 Å². The molecule has 0 radical (unpaired) electrons. The molecule has 0 heterocycles. The first kappa shape index (κ1) is 20.2. The molecule has 1 saturated carbocycles. The lowest BCUT2D eigenvalue weighted by atomic mass is 9.86. The smallest absolute Gasteiger partial charge is 0.328 e. The quantitative estimate of drug-likeness (QED) is 0.743. The summed E-state index contributed by atoms with van der Waals surface area (Å²) in [6.45, 7) is 3.28. The third-order valence-corrected chi connectivity index (χ3v) is 4.86. The maximum Gasteiger partial charge on any atom is 0.328 e. The van der Waals surface area contributed by atoms with Gasteiger partial charge in [0.25, 0.3) is 11.8 Å². The van der Waals surface area contributed by atoms with Gasteiger partial charge in [0, 0.05) is 16.6 Å². The molecule has 2 amide bonds. The predicted molar refractivity (Wildman–Crippen MR) is 98.9 cm³/mol. The van der Waals surface area contributed by atoms with Crippen LogP contribution in [0.5, 0.6) is 0 Å². The minimum Gasteiger partial charge on any atom is -0.454 e. The van der Waals surface area contributed by atoms with Gasteiger partial charge in [-0.25, -0.2) is 4.79 Å². The van der Waals surface area contributed by atoms with E-state index in [0.717, 1.165) is 19.3 Å². The number of hydrogen-bond acceptors (Lipinski definition) is 4. The number of benzene rings is 1. The molecule has 0 saturated heterocycles. The fraction of sp³-hybridized carbons (Fsp3) is 0.526. The molecule has 2 N–H and O–H groups in total. The van der Waals surface area contributed by atoms with Crippen molar-refractivity contribution in [3.63, 3.8) is 0 Å². The summed E-state index contributed by atoms with van der Waals surface area (Å²) in [5.74, 6) is -0.944. The van der Waals surface area contributed by atoms with E-state index in [1.54, 1.807) is 24.3 Å². The van der Waals surface area contributed by atoms with Crippen LogP contribution in [0.1, 0.15) is 49.9 Å². The Balaban J connectivity index is 1.75. The summed E-state index contributed by atoms with van der Waals surface area (Å²) in [5, 5.41) is 5.98. The molecule has 1 aliphatic rings. The van der Waals surface area contributed by atoms with Gasteiger partial charge in [-0.1, -0.05) is 31.4 Å². The van der Waals surface area contributed by atoms with Gasteiger partial charge in [-0.15, -0.1) is 0 Å². The second kappa shape index (κ2) is 9.57. The van der Waals surface area contributed by atoms with Crippen molar-refractivity contribution in [1.82, 2.24) is 10.6 Å². The Labute approximate surface area is 158 Å². The number of carbonyl (C=O) groups is 3. The summed E-state index contributed by atoms with van der Waals surface area (Å²) in [4.78, 5) is 36.0. The molecule has 3 atom stereocenters. The fourth-order valence-corrected chi connectivity index (χ4v) is 3.11. The summed E-state index contributed by atoms with van der Waals surface area (Å²) >= 11 is 5.78. The minimum atomic E-state index is -0.861. The molecule has 0 bridgehead atoms. The first-order valence-corrected chi connectivity index (χ1v) is 9.27. The molecule has 142 valence electrons. The van der Waals surface area contributed by atoms with Crippen molar-refractivity contribution >= 4 is 29.4 Å². The Morgan fingerprint density at radius 1 is 1.19 bits per heavy atom. The number of carbonyl (C=O) groups excluding carboxylic acids is 3. The van der Waals surface area contributed by atoms with E-state index in [9.17, 15) is 14.4 Å². The van der Waals surface area contributed by atoms with E-state index >= 15 is 0 Å². The molecule has 0 spiro atoms. The van der Waals surface area contributed by atoms with Crippen molar-refractivity contribution in [3.8, 4) is 0 Å². The van der Waals surface area contributed by atoms with Crippen LogP contribution in [-0.2, 0) is 14.3 Å². The van der Waals surface area contributed by atoms with E-state index in [2.05, 4.69) is 17.6 Å². The van der Waals surface area contributed by atoms with Gasteiger partial charge in [0.15, 0.2) is 6.61 Å². The minimum absolute atomic E-state index is 0.136. The first-order valence-electron chi connectivity index (χ1n) is 8.89. The molecular weight excluding hydrogens is 356 g/mol. The maximum absolute atomic E-state index is 12.1. The molecule has 1 aliphatic carbocycles. The lowest BCUT2D eigenvalue weighted by Gasteiger charge is -2.29. The third kappa shape index (κ3) is 6.02. The van der Waals surface area contributed by atoms with Crippen molar-refractivity contribution in [2.24, 2.45) is 5.92 Å². The highest BCUT2D eigenvalue weighted by atomic mass is 35.5. The number of amides is 2. The Kier molecular flexibility index (Phi) is 7.45. The van der Waals surface area contributed by atoms with E-state index in [1.165, 1.54) is 13.3 Å². The molecule has 0 aromatic heterocycles. The van der Waals surface area contributed by atoms with E-state index in [1.807, 2.05) is 0 Å². The van der Waals surface area contributed by atoms with Crippen LogP contribution in [0.4, 0.5) is 0 Å². The molecule has 26 heavy (non-hydrogen) atoms. The second-order valence-electron chi connectivity index (χ2n) is 6.75. The van der Waals surface area contributed by atoms with E-state index in [4.69, 9.17) is 16.3 Å². The summed E-state index contributed by atoms with van der Waals surface area (Å²) in [6.07, 6.45) is 4.34. The van der Waals surface area contributed by atoms with Crippen molar-refractivity contribution < 1.29 is 19.1 Å². The van der Waals surface area contributed by atoms with Crippen LogP contribution in [0.15, 0.2) is 24.3 Å². The average Bonchev–Trinajstić information content (AvgIpc) is 2.62. The molecule has 2 rings (SSSR count). The van der Waals surface area contributed by atoms with Gasteiger partial charge in [0.05, 0.1) is 0 Å². The summed E-state index contributed by atoms with van der Waals surface area (Å²) in [6, 6.07) is 5.59. The van der Waals surface area contributed by atoms with E-state index in [-0.39, 0.29) is 18.6 Å². The Bertz CT molecular complexity index is 647. The van der Waals surface area contributed by atoms with Crippen LogP contribution in [0.3, 0.4) is 0 Å². The number of esters is 1. The average molecular weight is 381 g/mol. The lowest BCUT2D eigenvalue weighted by molar-refractivity contribution is -0.150. The normalized spacial score (nSPS) is 20.7. The van der Waals surface area contributed by atoms with Crippen molar-refractivity contribution in [3.05, 3.63) is 34.9 Å². The highest BCUT2D eigenvalue weighted by molar-refractivity contribution is 6.30. The molecule has 1 fully saturated rings. The zero-order chi connectivity index (χ0) is 19.1. The topological polar surface area (TPSA) is 84.5 Å². The molecule has 0 unspecified atom stereocenters. The summed E-state index contributed by atoms with van der Waals surface area (Å²) in [7, 11) is 0. The second-order valence-corrected chi connectivity index (χ2v) is 7.18. The predicted octanol–water partition coefficient (Wildman–Crippen LogP) is 2.70. The van der Waals surface area contributed by atoms with Crippen LogP contribution >= 0.6 is 11.6 Å². The zero-order valence-electron chi connectivity index (χ0n) is 15.1. The highest BCUT2D eigenvalue weighted by Gasteiger charge is 2.24. The Morgan fingerprint density at radius 3 is 2.50 bits per heavy atom. The SMILES string of the molecule is C[C@H](NC(=O)c1ccc(Cl)cc1)C(=O)OCC(=O)N[C@@H]1CCCC[C@@H]1C. The van der Waals surface area contributed by atoms with E-state index < -0.39 is 17.9 Å². The number of halogens is 1. The van der Waals surface area contributed by atoms with Crippen LogP contribution in [0.25, 0.3) is 0 Å². The fourth-order valence-electron chi connectivity index (χ4n) is 2.98. The van der Waals surface area contributed by atoms with Crippen LogP contribution in [0.2, 0.25) is 5.02 Å². The molecule has 0 aliphatic heterocycles. The molecular formula is C19H25ClN2O4. The van der Waals surface area contributed by atoms with Gasteiger partial charge in [0.2, 0.25) is 0 Å². The monoisotopic (exact) mass is 380 g/mol. The van der Waals surface area contributed by atoms with Gasteiger partial charge in [0.1, 0.15) is 6.04 Å². The largest absolute Gasteiger partial charge is 0.454 e. The maximum atomic E-state index is 12.1. The molecule has 7 heteroatoms. The molecule has 1 aromatic rings.